The highest BCUT2D eigenvalue weighted by molar-refractivity contribution is 6.13. The average Bonchev–Trinajstić information content (AvgIpc) is 3.29. The van der Waals surface area contributed by atoms with E-state index in [2.05, 4.69) is 5.32 Å². The Bertz CT molecular complexity index is 1450. The Labute approximate surface area is 212 Å². The zero-order valence-electron chi connectivity index (χ0n) is 20.1. The number of carbonyl (C=O) groups is 2. The lowest BCUT2D eigenvalue weighted by atomic mass is 9.95. The molecule has 192 valence electrons. The van der Waals surface area contributed by atoms with E-state index >= 15 is 0 Å². The van der Waals surface area contributed by atoms with Gasteiger partial charge in [0.25, 0.3) is 5.91 Å². The van der Waals surface area contributed by atoms with Crippen LogP contribution in [-0.4, -0.2) is 52.4 Å². The van der Waals surface area contributed by atoms with Crippen molar-refractivity contribution in [1.29, 1.82) is 0 Å². The number of hydrogen-bond donors (Lipinski definition) is 5. The molecule has 3 aromatic carbocycles. The van der Waals surface area contributed by atoms with E-state index in [1.807, 2.05) is 0 Å². The van der Waals surface area contributed by atoms with Crippen LogP contribution in [0.5, 0.6) is 0 Å². The smallest absolute Gasteiger partial charge is 0.251 e. The molecule has 0 unspecified atom stereocenters. The van der Waals surface area contributed by atoms with E-state index in [9.17, 15) is 29.3 Å². The number of amides is 1. The molecule has 6 N–H and O–H groups in total. The van der Waals surface area contributed by atoms with Crippen molar-refractivity contribution in [3.63, 3.8) is 0 Å². The van der Waals surface area contributed by atoms with Gasteiger partial charge in [0.15, 0.2) is 5.78 Å². The summed E-state index contributed by atoms with van der Waals surface area (Å²) < 4.78 is 19.5. The summed E-state index contributed by atoms with van der Waals surface area (Å²) in [6, 6.07) is 15.5. The van der Waals surface area contributed by atoms with Gasteiger partial charge in [-0.3, -0.25) is 9.59 Å². The molecule has 0 aliphatic heterocycles. The molecule has 8 nitrogen and oxygen atoms in total. The van der Waals surface area contributed by atoms with Crippen LogP contribution in [0.3, 0.4) is 0 Å². The van der Waals surface area contributed by atoms with Crippen LogP contribution in [0, 0.1) is 5.82 Å². The second-order valence-corrected chi connectivity index (χ2v) is 8.82. The number of benzene rings is 3. The predicted molar refractivity (Wildman–Crippen MR) is 138 cm³/mol. The standard InChI is InChI=1S/C28H27FN2O6/c1-2-23(35)25-21-11-20(22(30)12-24(21)37-26(25)16-6-8-19(29)9-7-16)17-4-3-5-18(10-17)27(36)31-28(13-32,14-33)15-34/h3-12,32-34H,2,13-15,30H2,1H3,(H,31,36). The lowest BCUT2D eigenvalue weighted by molar-refractivity contribution is 0.0375. The van der Waals surface area contributed by atoms with Crippen molar-refractivity contribution < 1.29 is 33.7 Å². The summed E-state index contributed by atoms with van der Waals surface area (Å²) >= 11 is 0. The molecule has 0 spiro atoms. The van der Waals surface area contributed by atoms with Gasteiger partial charge in [-0.25, -0.2) is 4.39 Å². The third kappa shape index (κ3) is 4.97. The van der Waals surface area contributed by atoms with Gasteiger partial charge < -0.3 is 30.8 Å². The first-order valence-electron chi connectivity index (χ1n) is 11.7. The van der Waals surface area contributed by atoms with E-state index in [4.69, 9.17) is 10.2 Å². The Morgan fingerprint density at radius 1 is 0.973 bits per heavy atom. The molecule has 0 aliphatic carbocycles. The van der Waals surface area contributed by atoms with Gasteiger partial charge in [0.1, 0.15) is 22.7 Å². The Kier molecular flexibility index (Phi) is 7.40. The summed E-state index contributed by atoms with van der Waals surface area (Å²) in [5.74, 6) is -0.856. The molecule has 0 saturated carbocycles. The first-order valence-corrected chi connectivity index (χ1v) is 11.7. The number of hydrogen-bond acceptors (Lipinski definition) is 7. The highest BCUT2D eigenvalue weighted by Crippen LogP contribution is 2.39. The zero-order valence-corrected chi connectivity index (χ0v) is 20.1. The van der Waals surface area contributed by atoms with Crippen LogP contribution in [0.25, 0.3) is 33.4 Å². The number of carbonyl (C=O) groups excluding carboxylic acids is 2. The molecule has 0 saturated heterocycles. The largest absolute Gasteiger partial charge is 0.455 e. The first-order chi connectivity index (χ1) is 17.8. The normalized spacial score (nSPS) is 11.6. The van der Waals surface area contributed by atoms with Gasteiger partial charge in [-0.15, -0.1) is 0 Å². The molecule has 0 aliphatic rings. The molecular formula is C28H27FN2O6. The number of anilines is 1. The van der Waals surface area contributed by atoms with E-state index in [1.54, 1.807) is 43.3 Å². The van der Waals surface area contributed by atoms with Crippen molar-refractivity contribution in [2.24, 2.45) is 0 Å². The topological polar surface area (TPSA) is 146 Å². The van der Waals surface area contributed by atoms with Crippen LogP contribution in [0.1, 0.15) is 34.1 Å². The molecule has 1 heterocycles. The molecule has 1 amide bonds. The lowest BCUT2D eigenvalue weighted by Gasteiger charge is -2.28. The van der Waals surface area contributed by atoms with E-state index in [0.717, 1.165) is 0 Å². The predicted octanol–water partition coefficient (Wildman–Crippen LogP) is 3.53. The lowest BCUT2D eigenvalue weighted by Crippen LogP contribution is -2.57. The van der Waals surface area contributed by atoms with E-state index < -0.39 is 37.1 Å². The maximum absolute atomic E-state index is 13.5. The van der Waals surface area contributed by atoms with E-state index in [-0.39, 0.29) is 17.8 Å². The van der Waals surface area contributed by atoms with Gasteiger partial charge in [-0.05, 0) is 48.0 Å². The molecule has 0 radical (unpaired) electrons. The van der Waals surface area contributed by atoms with Gasteiger partial charge in [0.2, 0.25) is 0 Å². The highest BCUT2D eigenvalue weighted by Gasteiger charge is 2.30. The maximum Gasteiger partial charge on any atom is 0.251 e. The van der Waals surface area contributed by atoms with Crippen LogP contribution >= 0.6 is 0 Å². The molecule has 37 heavy (non-hydrogen) atoms. The molecule has 0 fully saturated rings. The van der Waals surface area contributed by atoms with Crippen molar-refractivity contribution >= 4 is 28.3 Å². The number of nitrogens with one attached hydrogen (secondary N) is 1. The molecule has 4 rings (SSSR count). The number of nitrogens with two attached hydrogens (primary N) is 1. The number of aliphatic hydroxyl groups excluding tert-OH is 3. The van der Waals surface area contributed by atoms with E-state index in [1.165, 1.54) is 24.3 Å². The number of aliphatic hydroxyl groups is 3. The molecule has 4 aromatic rings. The number of Topliss-reactive ketones (excluding diaryl/α,β-unsaturated/α-hetero) is 1. The van der Waals surface area contributed by atoms with E-state index in [0.29, 0.717) is 44.7 Å². The SMILES string of the molecule is CCC(=O)c1c(-c2ccc(F)cc2)oc2cc(N)c(-c3cccc(C(=O)NC(CO)(CO)CO)c3)cc12. The van der Waals surface area contributed by atoms with Crippen molar-refractivity contribution in [2.75, 3.05) is 25.6 Å². The van der Waals surface area contributed by atoms with Gasteiger partial charge in [-0.1, -0.05) is 19.1 Å². The molecular weight excluding hydrogens is 479 g/mol. The second-order valence-electron chi connectivity index (χ2n) is 8.82. The van der Waals surface area contributed by atoms with Crippen LogP contribution in [0.4, 0.5) is 10.1 Å². The Balaban J connectivity index is 1.81. The summed E-state index contributed by atoms with van der Waals surface area (Å²) in [6.07, 6.45) is 0.223. The summed E-state index contributed by atoms with van der Waals surface area (Å²) in [4.78, 5) is 25.8. The van der Waals surface area contributed by atoms with Crippen molar-refractivity contribution in [1.82, 2.24) is 5.32 Å². The summed E-state index contributed by atoms with van der Waals surface area (Å²) in [6.45, 7) is -0.221. The summed E-state index contributed by atoms with van der Waals surface area (Å²) in [5, 5.41) is 31.6. The third-order valence-electron chi connectivity index (χ3n) is 6.29. The average molecular weight is 507 g/mol. The number of fused-ring (bicyclic) bond motifs is 1. The van der Waals surface area contributed by atoms with Gasteiger partial charge in [0.05, 0.1) is 25.4 Å². The molecule has 9 heteroatoms. The number of ketones is 1. The Morgan fingerprint density at radius 2 is 1.65 bits per heavy atom. The molecule has 0 bridgehead atoms. The fourth-order valence-electron chi connectivity index (χ4n) is 4.08. The van der Waals surface area contributed by atoms with Crippen molar-refractivity contribution in [2.45, 2.75) is 18.9 Å². The minimum atomic E-state index is -1.58. The van der Waals surface area contributed by atoms with Crippen LogP contribution < -0.4 is 11.1 Å². The van der Waals surface area contributed by atoms with Gasteiger partial charge in [-0.2, -0.15) is 0 Å². The van der Waals surface area contributed by atoms with Crippen LogP contribution in [0.15, 0.2) is 65.1 Å². The minimum absolute atomic E-state index is 0.157. The zero-order chi connectivity index (χ0) is 26.7. The van der Waals surface area contributed by atoms with Crippen molar-refractivity contribution in [3.8, 4) is 22.5 Å². The number of halogens is 1. The number of furan rings is 1. The van der Waals surface area contributed by atoms with Crippen molar-refractivity contribution in [3.05, 3.63) is 77.6 Å². The van der Waals surface area contributed by atoms with Gasteiger partial charge in [0, 0.05) is 40.3 Å². The Morgan fingerprint density at radius 3 is 2.27 bits per heavy atom. The third-order valence-corrected chi connectivity index (χ3v) is 6.29. The van der Waals surface area contributed by atoms with Crippen LogP contribution in [-0.2, 0) is 0 Å². The Hall–Kier alpha value is -4.05. The minimum Gasteiger partial charge on any atom is -0.455 e. The van der Waals surface area contributed by atoms with Gasteiger partial charge >= 0.3 is 0 Å². The second kappa shape index (κ2) is 10.5. The molecule has 1 aromatic heterocycles. The summed E-state index contributed by atoms with van der Waals surface area (Å²) in [5.41, 5.74) is 7.75. The highest BCUT2D eigenvalue weighted by atomic mass is 19.1. The summed E-state index contributed by atoms with van der Waals surface area (Å²) in [7, 11) is 0. The first kappa shape index (κ1) is 26.0. The quantitative estimate of drug-likeness (QED) is 0.172. The monoisotopic (exact) mass is 506 g/mol. The maximum atomic E-state index is 13.5. The number of nitrogen functional groups attached to an aromatic ring is 1. The fraction of sp³-hybridized carbons (Fsp3) is 0.214. The molecule has 0 atom stereocenters. The van der Waals surface area contributed by atoms with Crippen LogP contribution in [0.2, 0.25) is 0 Å². The number of rotatable bonds is 9. The fourth-order valence-corrected chi connectivity index (χ4v) is 4.08.